The lowest BCUT2D eigenvalue weighted by Gasteiger charge is -2.25. The topological polar surface area (TPSA) is 76.1 Å². The van der Waals surface area contributed by atoms with Crippen molar-refractivity contribution < 1.29 is 24.2 Å². The van der Waals surface area contributed by atoms with Crippen molar-refractivity contribution in [3.63, 3.8) is 0 Å². The number of aldehydes is 1. The van der Waals surface area contributed by atoms with Crippen LogP contribution in [0.15, 0.2) is 0 Å². The highest BCUT2D eigenvalue weighted by Gasteiger charge is 2.37. The minimum absolute atomic E-state index is 0.232. The highest BCUT2D eigenvalue weighted by atomic mass is 16.7. The molecule has 96 valence electrons. The zero-order valence-corrected chi connectivity index (χ0v) is 9.58. The number of carbonyl (C=O) groups is 2. The summed E-state index contributed by atoms with van der Waals surface area (Å²) in [5, 5.41) is 8.92. The Morgan fingerprint density at radius 2 is 2.29 bits per heavy atom. The van der Waals surface area contributed by atoms with Crippen LogP contribution in [0.4, 0.5) is 4.79 Å². The second kappa shape index (κ2) is 5.46. The van der Waals surface area contributed by atoms with E-state index in [0.717, 1.165) is 24.2 Å². The molecule has 0 aliphatic carbocycles. The molecule has 6 heteroatoms. The van der Waals surface area contributed by atoms with Crippen molar-refractivity contribution in [2.24, 2.45) is 0 Å². The van der Waals surface area contributed by atoms with Crippen LogP contribution in [0.3, 0.4) is 0 Å². The van der Waals surface area contributed by atoms with E-state index >= 15 is 0 Å². The second-order valence-electron chi connectivity index (χ2n) is 4.43. The molecule has 17 heavy (non-hydrogen) atoms. The Hall–Kier alpha value is -1.14. The van der Waals surface area contributed by atoms with Gasteiger partial charge in [0.15, 0.2) is 6.29 Å². The van der Waals surface area contributed by atoms with Crippen molar-refractivity contribution in [2.75, 3.05) is 13.2 Å². The fourth-order valence-corrected chi connectivity index (χ4v) is 2.31. The summed E-state index contributed by atoms with van der Waals surface area (Å²) < 4.78 is 11.1. The lowest BCUT2D eigenvalue weighted by atomic mass is 10.2. The van der Waals surface area contributed by atoms with Crippen molar-refractivity contribution in [3.05, 3.63) is 0 Å². The van der Waals surface area contributed by atoms with Gasteiger partial charge in [-0.05, 0) is 19.3 Å². The van der Waals surface area contributed by atoms with Gasteiger partial charge in [-0.15, -0.1) is 0 Å². The van der Waals surface area contributed by atoms with E-state index in [9.17, 15) is 9.59 Å². The summed E-state index contributed by atoms with van der Waals surface area (Å²) in [5.41, 5.74) is 0. The van der Waals surface area contributed by atoms with Crippen LogP contribution in [-0.2, 0) is 14.3 Å². The van der Waals surface area contributed by atoms with Gasteiger partial charge in [0.2, 0.25) is 0 Å². The zero-order chi connectivity index (χ0) is 12.3. The summed E-state index contributed by atoms with van der Waals surface area (Å²) in [7, 11) is 0. The molecule has 0 aromatic rings. The molecule has 0 aromatic heterocycles. The lowest BCUT2D eigenvalue weighted by Crippen LogP contribution is -2.36. The number of hydrogen-bond donors (Lipinski definition) is 1. The molecule has 2 rings (SSSR count). The third-order valence-corrected chi connectivity index (χ3v) is 3.19. The zero-order valence-electron chi connectivity index (χ0n) is 9.58. The average Bonchev–Trinajstić information content (AvgIpc) is 2.73. The van der Waals surface area contributed by atoms with Crippen molar-refractivity contribution in [2.45, 2.75) is 44.1 Å². The Kier molecular flexibility index (Phi) is 3.96. The van der Waals surface area contributed by atoms with E-state index in [1.165, 1.54) is 0 Å². The Morgan fingerprint density at radius 1 is 1.47 bits per heavy atom. The molecule has 2 aliphatic heterocycles. The Labute approximate surface area is 99.5 Å². The van der Waals surface area contributed by atoms with Gasteiger partial charge in [-0.25, -0.2) is 4.79 Å². The quantitative estimate of drug-likeness (QED) is 0.744. The number of carbonyl (C=O) groups excluding carboxylic acids is 1. The summed E-state index contributed by atoms with van der Waals surface area (Å²) in [6, 6.07) is -0.582. The minimum atomic E-state index is -1.07. The molecule has 2 saturated heterocycles. The normalized spacial score (nSPS) is 33.6. The molecule has 0 saturated carbocycles. The van der Waals surface area contributed by atoms with E-state index in [-0.39, 0.29) is 18.9 Å². The number of nitrogens with zero attached hydrogens (tertiary/aromatic N) is 1. The van der Waals surface area contributed by atoms with Gasteiger partial charge in [-0.1, -0.05) is 0 Å². The molecule has 1 unspecified atom stereocenters. The standard InChI is InChI=1S/C11H17NO5/c13-7-8-5-9(6-12(8)11(14)15)17-10-3-1-2-4-16-10/h7-10H,1-6H2,(H,14,15)/t8-,9+,10?/m0/s1. The number of ether oxygens (including phenoxy) is 2. The van der Waals surface area contributed by atoms with Gasteiger partial charge < -0.3 is 19.4 Å². The first kappa shape index (κ1) is 12.3. The van der Waals surface area contributed by atoms with Gasteiger partial charge in [-0.2, -0.15) is 0 Å². The smallest absolute Gasteiger partial charge is 0.407 e. The molecule has 0 aromatic carbocycles. The molecule has 2 aliphatic rings. The van der Waals surface area contributed by atoms with Gasteiger partial charge in [0, 0.05) is 13.0 Å². The molecule has 0 radical (unpaired) electrons. The van der Waals surface area contributed by atoms with Crippen LogP contribution in [0.2, 0.25) is 0 Å². The van der Waals surface area contributed by atoms with Gasteiger partial charge in [0.25, 0.3) is 0 Å². The Bertz CT molecular complexity index is 290. The highest BCUT2D eigenvalue weighted by Crippen LogP contribution is 2.23. The van der Waals surface area contributed by atoms with Gasteiger partial charge in [-0.3, -0.25) is 4.90 Å². The van der Waals surface area contributed by atoms with Crippen molar-refractivity contribution in [3.8, 4) is 0 Å². The summed E-state index contributed by atoms with van der Waals surface area (Å²) in [4.78, 5) is 22.8. The SMILES string of the molecule is O=C[C@@H]1C[C@@H](OC2CCCCO2)CN1C(=O)O. The summed E-state index contributed by atoms with van der Waals surface area (Å²) in [5.74, 6) is 0. The maximum absolute atomic E-state index is 10.9. The summed E-state index contributed by atoms with van der Waals surface area (Å²) in [6.45, 7) is 0.940. The maximum Gasteiger partial charge on any atom is 0.407 e. The van der Waals surface area contributed by atoms with Gasteiger partial charge in [0.05, 0.1) is 18.7 Å². The second-order valence-corrected chi connectivity index (χ2v) is 4.43. The predicted molar refractivity (Wildman–Crippen MR) is 57.7 cm³/mol. The third kappa shape index (κ3) is 2.95. The van der Waals surface area contributed by atoms with E-state index in [0.29, 0.717) is 19.3 Å². The monoisotopic (exact) mass is 243 g/mol. The molecule has 1 N–H and O–H groups in total. The largest absolute Gasteiger partial charge is 0.465 e. The first-order chi connectivity index (χ1) is 8.20. The summed E-state index contributed by atoms with van der Waals surface area (Å²) in [6.07, 6.45) is 2.50. The predicted octanol–water partition coefficient (Wildman–Crippen LogP) is 0.849. The van der Waals surface area contributed by atoms with Crippen LogP contribution in [0.25, 0.3) is 0 Å². The molecular formula is C11H17NO5. The van der Waals surface area contributed by atoms with Crippen LogP contribution in [0.1, 0.15) is 25.7 Å². The van der Waals surface area contributed by atoms with Crippen molar-refractivity contribution >= 4 is 12.4 Å². The summed E-state index contributed by atoms with van der Waals surface area (Å²) >= 11 is 0. The number of amides is 1. The van der Waals surface area contributed by atoms with Crippen LogP contribution in [0, 0.1) is 0 Å². The molecule has 2 fully saturated rings. The average molecular weight is 243 g/mol. The number of likely N-dealkylation sites (tertiary alicyclic amines) is 1. The number of carboxylic acid groups (broad SMARTS) is 1. The first-order valence-corrected chi connectivity index (χ1v) is 5.92. The molecule has 0 bridgehead atoms. The Morgan fingerprint density at radius 3 is 2.82 bits per heavy atom. The van der Waals surface area contributed by atoms with Gasteiger partial charge in [0.1, 0.15) is 6.29 Å². The van der Waals surface area contributed by atoms with E-state index < -0.39 is 12.1 Å². The van der Waals surface area contributed by atoms with E-state index in [2.05, 4.69) is 0 Å². The molecule has 6 nitrogen and oxygen atoms in total. The molecule has 2 heterocycles. The molecule has 3 atom stereocenters. The van der Waals surface area contributed by atoms with Crippen molar-refractivity contribution in [1.82, 2.24) is 4.90 Å². The molecule has 1 amide bonds. The van der Waals surface area contributed by atoms with Crippen LogP contribution >= 0.6 is 0 Å². The third-order valence-electron chi connectivity index (χ3n) is 3.19. The fourth-order valence-electron chi connectivity index (χ4n) is 2.31. The highest BCUT2D eigenvalue weighted by molar-refractivity contribution is 5.72. The number of rotatable bonds is 3. The minimum Gasteiger partial charge on any atom is -0.465 e. The molecule has 0 spiro atoms. The Balaban J connectivity index is 1.86. The lowest BCUT2D eigenvalue weighted by molar-refractivity contribution is -0.184. The maximum atomic E-state index is 10.9. The fraction of sp³-hybridized carbons (Fsp3) is 0.818. The molecular weight excluding hydrogens is 226 g/mol. The van der Waals surface area contributed by atoms with Gasteiger partial charge >= 0.3 is 6.09 Å². The van der Waals surface area contributed by atoms with E-state index in [1.807, 2.05) is 0 Å². The van der Waals surface area contributed by atoms with Crippen molar-refractivity contribution in [1.29, 1.82) is 0 Å². The first-order valence-electron chi connectivity index (χ1n) is 5.92. The van der Waals surface area contributed by atoms with E-state index in [1.54, 1.807) is 0 Å². The van der Waals surface area contributed by atoms with Crippen LogP contribution in [-0.4, -0.2) is 54.0 Å². The van der Waals surface area contributed by atoms with E-state index in [4.69, 9.17) is 14.6 Å². The number of hydrogen-bond acceptors (Lipinski definition) is 4. The van der Waals surface area contributed by atoms with Crippen LogP contribution < -0.4 is 0 Å². The van der Waals surface area contributed by atoms with Crippen LogP contribution in [0.5, 0.6) is 0 Å².